The maximum absolute atomic E-state index is 13.2. The molecule has 0 saturated carbocycles. The smallest absolute Gasteiger partial charge is 0.161 e. The first-order chi connectivity index (χ1) is 14.6. The van der Waals surface area contributed by atoms with E-state index in [0.29, 0.717) is 23.4 Å². The lowest BCUT2D eigenvalue weighted by Crippen LogP contribution is -2.45. The van der Waals surface area contributed by atoms with Gasteiger partial charge >= 0.3 is 0 Å². The largest absolute Gasteiger partial charge is 0.301 e. The number of hydrogen-bond acceptors (Lipinski definition) is 4. The first kappa shape index (κ1) is 21.8. The van der Waals surface area contributed by atoms with Gasteiger partial charge < -0.3 is 4.90 Å². The van der Waals surface area contributed by atoms with Crippen molar-refractivity contribution < 1.29 is 4.79 Å². The van der Waals surface area contributed by atoms with Gasteiger partial charge in [0.15, 0.2) is 5.78 Å². The van der Waals surface area contributed by atoms with Crippen molar-refractivity contribution in [1.29, 1.82) is 10.7 Å². The van der Waals surface area contributed by atoms with Gasteiger partial charge in [0.05, 0.1) is 11.8 Å². The Kier molecular flexibility index (Phi) is 5.57. The van der Waals surface area contributed by atoms with Crippen molar-refractivity contribution >= 4 is 40.2 Å². The van der Waals surface area contributed by atoms with E-state index in [-0.39, 0.29) is 17.0 Å². The fourth-order valence-electron chi connectivity index (χ4n) is 4.52. The average molecular weight is 452 g/mol. The van der Waals surface area contributed by atoms with E-state index in [2.05, 4.69) is 32.9 Å². The number of rotatable bonds is 2. The van der Waals surface area contributed by atoms with E-state index in [1.807, 2.05) is 36.1 Å². The van der Waals surface area contributed by atoms with Crippen molar-refractivity contribution in [3.05, 3.63) is 61.9 Å². The van der Waals surface area contributed by atoms with E-state index in [4.69, 9.17) is 17.0 Å². The molecule has 0 amide bonds. The highest BCUT2D eigenvalue weighted by molar-refractivity contribution is 7.12. The molecule has 1 aromatic carbocycles. The van der Waals surface area contributed by atoms with Gasteiger partial charge in [0, 0.05) is 38.4 Å². The van der Waals surface area contributed by atoms with Crippen molar-refractivity contribution in [2.75, 3.05) is 4.90 Å². The maximum Gasteiger partial charge on any atom is 0.161 e. The van der Waals surface area contributed by atoms with Crippen LogP contribution in [0.5, 0.6) is 0 Å². The number of benzene rings is 1. The minimum Gasteiger partial charge on any atom is -0.301 e. The first-order valence-electron chi connectivity index (χ1n) is 10.5. The number of ketones is 1. The van der Waals surface area contributed by atoms with Gasteiger partial charge in [-0.3, -0.25) is 10.2 Å². The number of carbonyl (C=O) groups excluding carboxylic acids is 1. The van der Waals surface area contributed by atoms with Crippen LogP contribution in [0.2, 0.25) is 5.02 Å². The lowest BCUT2D eigenvalue weighted by Gasteiger charge is -2.42. The van der Waals surface area contributed by atoms with Crippen LogP contribution in [0.15, 0.2) is 41.6 Å². The molecule has 1 aromatic heterocycles. The van der Waals surface area contributed by atoms with Crippen LogP contribution in [0.4, 0.5) is 5.69 Å². The van der Waals surface area contributed by atoms with Gasteiger partial charge in [-0.05, 0) is 55.0 Å². The van der Waals surface area contributed by atoms with Gasteiger partial charge in [-0.2, -0.15) is 5.26 Å². The molecule has 2 atom stereocenters. The number of nitrogens with zero attached hydrogens (tertiary/aromatic N) is 2. The lowest BCUT2D eigenvalue weighted by atomic mass is 9.74. The Morgan fingerprint density at radius 1 is 1.23 bits per heavy atom. The van der Waals surface area contributed by atoms with Crippen molar-refractivity contribution in [2.45, 2.75) is 58.3 Å². The number of thiophene rings is 1. The number of Topliss-reactive ketones (excluding diaryl/α,β-unsaturated/α-hetero) is 1. The number of allylic oxidation sites excluding steroid dienone is 2. The molecular weight excluding hydrogens is 426 g/mol. The minimum atomic E-state index is -0.731. The molecule has 0 radical (unpaired) electrons. The number of halogens is 1. The molecule has 2 unspecified atom stereocenters. The van der Waals surface area contributed by atoms with Crippen LogP contribution >= 0.6 is 22.9 Å². The van der Waals surface area contributed by atoms with E-state index in [1.54, 1.807) is 11.3 Å². The lowest BCUT2D eigenvalue weighted by molar-refractivity contribution is -0.116. The highest BCUT2D eigenvalue weighted by Crippen LogP contribution is 2.49. The fraction of sp³-hybridized carbons (Fsp3) is 0.400. The highest BCUT2D eigenvalue weighted by atomic mass is 35.5. The molecule has 6 heteroatoms. The third-order valence-electron chi connectivity index (χ3n) is 6.17. The molecular formula is C25H26ClN3OS. The Labute approximate surface area is 192 Å². The van der Waals surface area contributed by atoms with Crippen molar-refractivity contribution in [2.24, 2.45) is 5.92 Å². The number of amidine groups is 1. The van der Waals surface area contributed by atoms with Crippen molar-refractivity contribution in [3.8, 4) is 6.07 Å². The summed E-state index contributed by atoms with van der Waals surface area (Å²) in [4.78, 5) is 17.2. The SMILES string of the molecule is Cc1c(Cl)cccc1N1C(=N)C(C#N)C(c2ccc(C(C)(C)C)s2)C2=C1CCCC2=O. The number of nitrogens with one attached hydrogen (secondary N) is 1. The quantitative estimate of drug-likeness (QED) is 0.549. The molecule has 4 nitrogen and oxygen atoms in total. The molecule has 31 heavy (non-hydrogen) atoms. The Morgan fingerprint density at radius 3 is 2.61 bits per heavy atom. The van der Waals surface area contributed by atoms with Gasteiger partial charge in [-0.1, -0.05) is 38.4 Å². The molecule has 2 aliphatic rings. The minimum absolute atomic E-state index is 0.00898. The van der Waals surface area contributed by atoms with Crippen molar-refractivity contribution in [3.63, 3.8) is 0 Å². The van der Waals surface area contributed by atoms with E-state index >= 15 is 0 Å². The summed E-state index contributed by atoms with van der Waals surface area (Å²) in [6.07, 6.45) is 1.95. The average Bonchev–Trinajstić information content (AvgIpc) is 3.20. The second-order valence-electron chi connectivity index (χ2n) is 9.28. The molecule has 0 saturated heterocycles. The predicted octanol–water partition coefficient (Wildman–Crippen LogP) is 6.74. The zero-order valence-electron chi connectivity index (χ0n) is 18.3. The zero-order valence-corrected chi connectivity index (χ0v) is 19.8. The summed E-state index contributed by atoms with van der Waals surface area (Å²) in [5.41, 5.74) is 3.18. The zero-order chi connectivity index (χ0) is 22.5. The van der Waals surface area contributed by atoms with Gasteiger partial charge in [-0.15, -0.1) is 11.3 Å². The summed E-state index contributed by atoms with van der Waals surface area (Å²) >= 11 is 8.04. The van der Waals surface area contributed by atoms with Crippen molar-refractivity contribution in [1.82, 2.24) is 0 Å². The summed E-state index contributed by atoms with van der Waals surface area (Å²) in [6, 6.07) is 12.1. The molecule has 1 aliphatic carbocycles. The van der Waals surface area contributed by atoms with E-state index < -0.39 is 11.8 Å². The normalized spacial score (nSPS) is 21.9. The van der Waals surface area contributed by atoms with Crippen LogP contribution in [-0.4, -0.2) is 11.6 Å². The van der Waals surface area contributed by atoms with Crippen LogP contribution in [0.3, 0.4) is 0 Å². The Hall–Kier alpha value is -2.42. The molecule has 2 heterocycles. The summed E-state index contributed by atoms with van der Waals surface area (Å²) < 4.78 is 0. The third-order valence-corrected chi connectivity index (χ3v) is 8.17. The van der Waals surface area contributed by atoms with Gasteiger partial charge in [0.25, 0.3) is 0 Å². The molecule has 2 aromatic rings. The van der Waals surface area contributed by atoms with Crippen LogP contribution in [-0.2, 0) is 10.2 Å². The van der Waals surface area contributed by atoms with Crippen LogP contribution in [0.25, 0.3) is 0 Å². The number of carbonyl (C=O) groups is 1. The molecule has 0 spiro atoms. The molecule has 0 fully saturated rings. The summed E-state index contributed by atoms with van der Waals surface area (Å²) in [5.74, 6) is -0.811. The van der Waals surface area contributed by atoms with Gasteiger partial charge in [-0.25, -0.2) is 0 Å². The van der Waals surface area contributed by atoms with Gasteiger partial charge in [0.2, 0.25) is 0 Å². The number of anilines is 1. The van der Waals surface area contributed by atoms with Crippen LogP contribution < -0.4 is 4.90 Å². The first-order valence-corrected chi connectivity index (χ1v) is 11.7. The Bertz CT molecular complexity index is 1150. The second kappa shape index (κ2) is 7.93. The molecule has 1 aliphatic heterocycles. The Morgan fingerprint density at radius 2 is 1.97 bits per heavy atom. The summed E-state index contributed by atoms with van der Waals surface area (Å²) in [7, 11) is 0. The van der Waals surface area contributed by atoms with E-state index in [9.17, 15) is 10.1 Å². The molecule has 0 bridgehead atoms. The number of nitriles is 1. The maximum atomic E-state index is 13.2. The fourth-order valence-corrected chi connectivity index (χ4v) is 5.90. The molecule has 4 rings (SSSR count). The molecule has 1 N–H and O–H groups in total. The van der Waals surface area contributed by atoms with E-state index in [1.165, 1.54) is 4.88 Å². The third kappa shape index (κ3) is 3.62. The second-order valence-corrected chi connectivity index (χ2v) is 10.8. The van der Waals surface area contributed by atoms with E-state index in [0.717, 1.165) is 28.2 Å². The summed E-state index contributed by atoms with van der Waals surface area (Å²) in [6.45, 7) is 8.40. The standard InChI is InChI=1S/C25H26ClN3OS/c1-14-16(26)7-5-8-17(14)29-18-9-6-10-19(30)23(18)22(15(13-27)24(29)28)20-11-12-21(31-20)25(2,3)4/h5,7-8,11-12,15,22,28H,6,9-10H2,1-4H3. The predicted molar refractivity (Wildman–Crippen MR) is 127 cm³/mol. The highest BCUT2D eigenvalue weighted by Gasteiger charge is 2.45. The van der Waals surface area contributed by atoms with Gasteiger partial charge in [0.1, 0.15) is 11.8 Å². The van der Waals surface area contributed by atoms with Crippen LogP contribution in [0, 0.1) is 29.6 Å². The molecule has 160 valence electrons. The number of hydrogen-bond donors (Lipinski definition) is 1. The summed E-state index contributed by atoms with van der Waals surface area (Å²) in [5, 5.41) is 19.8. The monoisotopic (exact) mass is 451 g/mol. The topological polar surface area (TPSA) is 68.0 Å². The Balaban J connectivity index is 1.95. The van der Waals surface area contributed by atoms with Crippen LogP contribution in [0.1, 0.15) is 61.3 Å².